The van der Waals surface area contributed by atoms with Crippen molar-refractivity contribution >= 4 is 31.9 Å². The van der Waals surface area contributed by atoms with Crippen LogP contribution in [0.5, 0.6) is 0 Å². The molecular formula is C9H7Br2F3. The van der Waals surface area contributed by atoms with Crippen molar-refractivity contribution in [3.05, 3.63) is 34.3 Å². The molecule has 78 valence electrons. The van der Waals surface area contributed by atoms with Crippen molar-refractivity contribution in [3.63, 3.8) is 0 Å². The fourth-order valence-corrected chi connectivity index (χ4v) is 2.25. The SMILES string of the molecule is FC(F)(F)C(CBr)c1cccc(Br)c1. The van der Waals surface area contributed by atoms with Gasteiger partial charge in [-0.1, -0.05) is 44.0 Å². The Hall–Kier alpha value is -0.0300. The third-order valence-corrected chi connectivity index (χ3v) is 2.94. The molecule has 0 nitrogen and oxygen atoms in total. The molecule has 0 saturated carbocycles. The van der Waals surface area contributed by atoms with Crippen molar-refractivity contribution in [2.45, 2.75) is 12.1 Å². The van der Waals surface area contributed by atoms with E-state index >= 15 is 0 Å². The molecule has 0 fully saturated rings. The van der Waals surface area contributed by atoms with E-state index in [-0.39, 0.29) is 10.9 Å². The van der Waals surface area contributed by atoms with Crippen LogP contribution in [-0.4, -0.2) is 11.5 Å². The molecule has 1 aromatic carbocycles. The first-order valence-corrected chi connectivity index (χ1v) is 5.74. The Kier molecular flexibility index (Phi) is 4.01. The normalized spacial score (nSPS) is 14.1. The fraction of sp³-hybridized carbons (Fsp3) is 0.333. The molecule has 0 aliphatic carbocycles. The van der Waals surface area contributed by atoms with E-state index in [0.29, 0.717) is 4.47 Å². The van der Waals surface area contributed by atoms with Crippen molar-refractivity contribution in [2.24, 2.45) is 0 Å². The van der Waals surface area contributed by atoms with Crippen molar-refractivity contribution in [1.82, 2.24) is 0 Å². The Morgan fingerprint density at radius 2 is 1.93 bits per heavy atom. The molecule has 0 N–H and O–H groups in total. The topological polar surface area (TPSA) is 0 Å². The lowest BCUT2D eigenvalue weighted by atomic mass is 10.0. The number of halogens is 5. The maximum absolute atomic E-state index is 12.5. The smallest absolute Gasteiger partial charge is 0.170 e. The summed E-state index contributed by atoms with van der Waals surface area (Å²) in [4.78, 5) is 0. The first kappa shape index (κ1) is 12.0. The van der Waals surface area contributed by atoms with Gasteiger partial charge < -0.3 is 0 Å². The molecule has 0 saturated heterocycles. The highest BCUT2D eigenvalue weighted by molar-refractivity contribution is 9.10. The van der Waals surface area contributed by atoms with Crippen LogP contribution in [0, 0.1) is 0 Å². The van der Waals surface area contributed by atoms with Crippen LogP contribution in [0.15, 0.2) is 28.7 Å². The van der Waals surface area contributed by atoms with Crippen LogP contribution >= 0.6 is 31.9 Å². The summed E-state index contributed by atoms with van der Waals surface area (Å²) in [6, 6.07) is 6.26. The van der Waals surface area contributed by atoms with E-state index < -0.39 is 12.1 Å². The van der Waals surface area contributed by atoms with Crippen molar-refractivity contribution in [2.75, 3.05) is 5.33 Å². The second kappa shape index (κ2) is 4.66. The fourth-order valence-electron chi connectivity index (χ4n) is 1.09. The summed E-state index contributed by atoms with van der Waals surface area (Å²) in [6.07, 6.45) is -4.20. The molecule has 1 aromatic rings. The zero-order valence-electron chi connectivity index (χ0n) is 6.98. The maximum atomic E-state index is 12.5. The molecule has 0 aliphatic heterocycles. The molecule has 0 amide bonds. The Balaban J connectivity index is 3.01. The maximum Gasteiger partial charge on any atom is 0.396 e. The lowest BCUT2D eigenvalue weighted by Crippen LogP contribution is -2.21. The standard InChI is InChI=1S/C9H7Br2F3/c10-5-8(9(12,13)14)6-2-1-3-7(11)4-6/h1-4,8H,5H2. The highest BCUT2D eigenvalue weighted by Gasteiger charge is 2.39. The summed E-state index contributed by atoms with van der Waals surface area (Å²) in [5, 5.41) is -0.118. The van der Waals surface area contributed by atoms with E-state index in [9.17, 15) is 13.2 Å². The van der Waals surface area contributed by atoms with Gasteiger partial charge in [-0.15, -0.1) is 0 Å². The highest BCUT2D eigenvalue weighted by Crippen LogP contribution is 2.36. The molecule has 0 spiro atoms. The van der Waals surface area contributed by atoms with Gasteiger partial charge in [0.25, 0.3) is 0 Å². The third kappa shape index (κ3) is 2.98. The van der Waals surface area contributed by atoms with E-state index in [1.807, 2.05) is 0 Å². The van der Waals surface area contributed by atoms with Gasteiger partial charge in [-0.05, 0) is 17.7 Å². The lowest BCUT2D eigenvalue weighted by Gasteiger charge is -2.18. The Labute approximate surface area is 96.8 Å². The summed E-state index contributed by atoms with van der Waals surface area (Å²) in [6.45, 7) is 0. The van der Waals surface area contributed by atoms with Crippen LogP contribution in [0.3, 0.4) is 0 Å². The Bertz CT molecular complexity index is 309. The number of rotatable bonds is 2. The Morgan fingerprint density at radius 1 is 1.29 bits per heavy atom. The molecule has 0 heterocycles. The minimum atomic E-state index is -4.20. The summed E-state index contributed by atoms with van der Waals surface area (Å²) >= 11 is 6.02. The molecular weight excluding hydrogens is 325 g/mol. The average Bonchev–Trinajstić information content (AvgIpc) is 2.02. The molecule has 0 bridgehead atoms. The molecule has 1 atom stereocenters. The zero-order chi connectivity index (χ0) is 10.8. The summed E-state index contributed by atoms with van der Waals surface area (Å²) in [5.41, 5.74) is 0.267. The number of hydrogen-bond donors (Lipinski definition) is 0. The van der Waals surface area contributed by atoms with Crippen LogP contribution in [0.1, 0.15) is 11.5 Å². The van der Waals surface area contributed by atoms with E-state index in [4.69, 9.17) is 0 Å². The van der Waals surface area contributed by atoms with E-state index in [2.05, 4.69) is 31.9 Å². The second-order valence-electron chi connectivity index (χ2n) is 2.80. The lowest BCUT2D eigenvalue weighted by molar-refractivity contribution is -0.144. The number of hydrogen-bond acceptors (Lipinski definition) is 0. The summed E-state index contributed by atoms with van der Waals surface area (Å²) < 4.78 is 38.1. The largest absolute Gasteiger partial charge is 0.396 e. The van der Waals surface area contributed by atoms with Gasteiger partial charge in [0.1, 0.15) is 0 Å². The van der Waals surface area contributed by atoms with Gasteiger partial charge in [0.2, 0.25) is 0 Å². The van der Waals surface area contributed by atoms with Crippen LogP contribution in [0.2, 0.25) is 0 Å². The van der Waals surface area contributed by atoms with Gasteiger partial charge in [-0.25, -0.2) is 0 Å². The van der Waals surface area contributed by atoms with Gasteiger partial charge in [0, 0.05) is 9.80 Å². The molecule has 0 radical (unpaired) electrons. The Morgan fingerprint density at radius 3 is 2.36 bits per heavy atom. The zero-order valence-corrected chi connectivity index (χ0v) is 10.2. The summed E-state index contributed by atoms with van der Waals surface area (Å²) in [5.74, 6) is -1.44. The van der Waals surface area contributed by atoms with Crippen LogP contribution in [0.25, 0.3) is 0 Å². The van der Waals surface area contributed by atoms with Gasteiger partial charge >= 0.3 is 6.18 Å². The summed E-state index contributed by atoms with van der Waals surface area (Å²) in [7, 11) is 0. The van der Waals surface area contributed by atoms with Gasteiger partial charge in [-0.2, -0.15) is 13.2 Å². The second-order valence-corrected chi connectivity index (χ2v) is 4.37. The predicted molar refractivity (Wildman–Crippen MR) is 56.7 cm³/mol. The molecule has 1 rings (SSSR count). The van der Waals surface area contributed by atoms with Crippen LogP contribution < -0.4 is 0 Å². The molecule has 0 aromatic heterocycles. The highest BCUT2D eigenvalue weighted by atomic mass is 79.9. The van der Waals surface area contributed by atoms with E-state index in [1.54, 1.807) is 12.1 Å². The van der Waals surface area contributed by atoms with E-state index in [0.717, 1.165) is 0 Å². The monoisotopic (exact) mass is 330 g/mol. The predicted octanol–water partition coefficient (Wildman–Crippen LogP) is 4.49. The van der Waals surface area contributed by atoms with Crippen LogP contribution in [-0.2, 0) is 0 Å². The van der Waals surface area contributed by atoms with Crippen LogP contribution in [0.4, 0.5) is 13.2 Å². The minimum Gasteiger partial charge on any atom is -0.170 e. The number of alkyl halides is 4. The van der Waals surface area contributed by atoms with Gasteiger partial charge in [0.05, 0.1) is 5.92 Å². The molecule has 0 aliphatic rings. The van der Waals surface area contributed by atoms with Crippen molar-refractivity contribution in [1.29, 1.82) is 0 Å². The quantitative estimate of drug-likeness (QED) is 0.700. The molecule has 1 unspecified atom stereocenters. The molecule has 14 heavy (non-hydrogen) atoms. The first-order chi connectivity index (χ1) is 6.45. The average molecular weight is 332 g/mol. The van der Waals surface area contributed by atoms with E-state index in [1.165, 1.54) is 12.1 Å². The molecule has 5 heteroatoms. The van der Waals surface area contributed by atoms with Crippen molar-refractivity contribution < 1.29 is 13.2 Å². The minimum absolute atomic E-state index is 0.118. The van der Waals surface area contributed by atoms with Crippen molar-refractivity contribution in [3.8, 4) is 0 Å². The van der Waals surface area contributed by atoms with Gasteiger partial charge in [-0.3, -0.25) is 0 Å². The third-order valence-electron chi connectivity index (χ3n) is 1.80. The van der Waals surface area contributed by atoms with Gasteiger partial charge in [0.15, 0.2) is 0 Å². The first-order valence-electron chi connectivity index (χ1n) is 3.83. The number of benzene rings is 1.